The standard InChI is InChI=1S/C25H29ClF2N2O5S/c1-18-15-19(5-6-20(18)26)35-17-25(16-23(31)29-11-13-34-14-12-29)7-9-30(10-8-25)36(32,33)24-21(27)3-2-4-22(24)28/h2-6,15H,7-14,16-17H2,1H3. The molecule has 2 aliphatic heterocycles. The number of nitrogens with zero attached hydrogens (tertiary/aromatic N) is 2. The Bertz CT molecular complexity index is 1190. The average Bonchev–Trinajstić information content (AvgIpc) is 2.85. The van der Waals surface area contributed by atoms with Crippen molar-refractivity contribution in [1.82, 2.24) is 9.21 Å². The van der Waals surface area contributed by atoms with Crippen LogP contribution in [-0.2, 0) is 19.6 Å². The van der Waals surface area contributed by atoms with Crippen LogP contribution in [0.2, 0.25) is 5.02 Å². The minimum absolute atomic E-state index is 0.00943. The third-order valence-corrected chi connectivity index (χ3v) is 9.24. The monoisotopic (exact) mass is 542 g/mol. The number of carbonyl (C=O) groups excluding carboxylic acids is 1. The van der Waals surface area contributed by atoms with Gasteiger partial charge < -0.3 is 14.4 Å². The molecule has 2 heterocycles. The summed E-state index contributed by atoms with van der Waals surface area (Å²) in [6.45, 7) is 4.01. The SMILES string of the molecule is Cc1cc(OCC2(CC(=O)N3CCOCC3)CCN(S(=O)(=O)c3c(F)cccc3F)CC2)ccc1Cl. The molecule has 11 heteroatoms. The largest absolute Gasteiger partial charge is 0.493 e. The predicted octanol–water partition coefficient (Wildman–Crippen LogP) is 4.03. The number of amides is 1. The minimum Gasteiger partial charge on any atom is -0.493 e. The van der Waals surface area contributed by atoms with Crippen LogP contribution in [0.15, 0.2) is 41.3 Å². The number of carbonyl (C=O) groups is 1. The quantitative estimate of drug-likeness (QED) is 0.528. The molecule has 0 aliphatic carbocycles. The van der Waals surface area contributed by atoms with Crippen LogP contribution in [0.25, 0.3) is 0 Å². The molecule has 2 fully saturated rings. The first-order chi connectivity index (χ1) is 17.1. The Kier molecular flexibility index (Phi) is 8.18. The van der Waals surface area contributed by atoms with E-state index in [1.54, 1.807) is 23.1 Å². The molecule has 196 valence electrons. The Morgan fingerprint density at radius 3 is 2.33 bits per heavy atom. The second-order valence-electron chi connectivity index (χ2n) is 9.32. The molecule has 2 aromatic carbocycles. The zero-order valence-corrected chi connectivity index (χ0v) is 21.6. The zero-order chi connectivity index (χ0) is 25.9. The molecule has 0 saturated carbocycles. The average molecular weight is 543 g/mol. The zero-order valence-electron chi connectivity index (χ0n) is 20.0. The first-order valence-corrected chi connectivity index (χ1v) is 13.6. The summed E-state index contributed by atoms with van der Waals surface area (Å²) in [7, 11) is -4.38. The van der Waals surface area contributed by atoms with Crippen LogP contribution in [0, 0.1) is 24.0 Å². The molecular weight excluding hydrogens is 514 g/mol. The number of aryl methyl sites for hydroxylation is 1. The second-order valence-corrected chi connectivity index (χ2v) is 11.6. The molecule has 0 unspecified atom stereocenters. The number of ether oxygens (including phenoxy) is 2. The summed E-state index contributed by atoms with van der Waals surface area (Å²) in [5.41, 5.74) is 0.198. The molecule has 2 aliphatic rings. The lowest BCUT2D eigenvalue weighted by Gasteiger charge is -2.41. The summed E-state index contributed by atoms with van der Waals surface area (Å²) < 4.78 is 67.2. The topological polar surface area (TPSA) is 76.2 Å². The van der Waals surface area contributed by atoms with Crippen molar-refractivity contribution in [2.75, 3.05) is 46.0 Å². The number of sulfonamides is 1. The van der Waals surface area contributed by atoms with Crippen molar-refractivity contribution in [2.45, 2.75) is 31.1 Å². The lowest BCUT2D eigenvalue weighted by Crippen LogP contribution is -2.49. The van der Waals surface area contributed by atoms with Gasteiger partial charge in [0.1, 0.15) is 17.4 Å². The highest BCUT2D eigenvalue weighted by Gasteiger charge is 2.42. The van der Waals surface area contributed by atoms with Crippen LogP contribution < -0.4 is 4.74 Å². The lowest BCUT2D eigenvalue weighted by molar-refractivity contribution is -0.139. The van der Waals surface area contributed by atoms with Gasteiger partial charge in [0.05, 0.1) is 19.8 Å². The molecule has 0 radical (unpaired) electrons. The van der Waals surface area contributed by atoms with Crippen LogP contribution in [0.4, 0.5) is 8.78 Å². The van der Waals surface area contributed by atoms with Crippen molar-refractivity contribution < 1.29 is 31.5 Å². The molecule has 4 rings (SSSR count). The van der Waals surface area contributed by atoms with E-state index in [1.165, 1.54) is 0 Å². The molecule has 0 atom stereocenters. The number of morpholine rings is 1. The van der Waals surface area contributed by atoms with E-state index in [-0.39, 0.29) is 32.0 Å². The van der Waals surface area contributed by atoms with E-state index < -0.39 is 32.0 Å². The minimum atomic E-state index is -4.38. The normalized spacial score (nSPS) is 18.7. The number of benzene rings is 2. The molecule has 2 saturated heterocycles. The van der Waals surface area contributed by atoms with Crippen molar-refractivity contribution in [3.63, 3.8) is 0 Å². The van der Waals surface area contributed by atoms with E-state index in [4.69, 9.17) is 21.1 Å². The van der Waals surface area contributed by atoms with Gasteiger partial charge in [-0.3, -0.25) is 4.79 Å². The van der Waals surface area contributed by atoms with Crippen LogP contribution in [0.1, 0.15) is 24.8 Å². The Balaban J connectivity index is 1.53. The summed E-state index contributed by atoms with van der Waals surface area (Å²) >= 11 is 6.11. The van der Waals surface area contributed by atoms with Crippen molar-refractivity contribution >= 4 is 27.5 Å². The van der Waals surface area contributed by atoms with Crippen LogP contribution in [0.3, 0.4) is 0 Å². The summed E-state index contributed by atoms with van der Waals surface area (Å²) in [6.07, 6.45) is 0.761. The summed E-state index contributed by atoms with van der Waals surface area (Å²) in [4.78, 5) is 13.9. The molecule has 0 aromatic heterocycles. The number of halogens is 3. The predicted molar refractivity (Wildman–Crippen MR) is 130 cm³/mol. The van der Waals surface area contributed by atoms with E-state index in [9.17, 15) is 22.0 Å². The highest BCUT2D eigenvalue weighted by atomic mass is 35.5. The molecule has 2 aromatic rings. The molecular formula is C25H29ClF2N2O5S. The summed E-state index contributed by atoms with van der Waals surface area (Å²) in [5, 5.41) is 0.610. The van der Waals surface area contributed by atoms with Gasteiger partial charge in [0.2, 0.25) is 15.9 Å². The summed E-state index contributed by atoms with van der Waals surface area (Å²) in [6, 6.07) is 8.25. The third-order valence-electron chi connectivity index (χ3n) is 6.86. The van der Waals surface area contributed by atoms with E-state index in [0.717, 1.165) is 28.1 Å². The van der Waals surface area contributed by atoms with E-state index >= 15 is 0 Å². The first-order valence-electron chi connectivity index (χ1n) is 11.8. The Morgan fingerprint density at radius 2 is 1.72 bits per heavy atom. The molecule has 36 heavy (non-hydrogen) atoms. The maximum atomic E-state index is 14.3. The van der Waals surface area contributed by atoms with E-state index in [2.05, 4.69) is 0 Å². The second kappa shape index (κ2) is 11.0. The fourth-order valence-corrected chi connectivity index (χ4v) is 6.29. The van der Waals surface area contributed by atoms with Crippen molar-refractivity contribution in [3.05, 3.63) is 58.6 Å². The van der Waals surface area contributed by atoms with Crippen LogP contribution >= 0.6 is 11.6 Å². The first kappa shape index (κ1) is 26.8. The van der Waals surface area contributed by atoms with Gasteiger partial charge in [0, 0.05) is 43.0 Å². The number of hydrogen-bond acceptors (Lipinski definition) is 5. The van der Waals surface area contributed by atoms with Gasteiger partial charge in [-0.25, -0.2) is 17.2 Å². The van der Waals surface area contributed by atoms with Gasteiger partial charge in [-0.2, -0.15) is 4.31 Å². The molecule has 1 amide bonds. The van der Waals surface area contributed by atoms with Crippen molar-refractivity contribution in [1.29, 1.82) is 0 Å². The van der Waals surface area contributed by atoms with Crippen LogP contribution in [-0.4, -0.2) is 69.5 Å². The highest BCUT2D eigenvalue weighted by Crippen LogP contribution is 2.39. The summed E-state index contributed by atoms with van der Waals surface area (Å²) in [5.74, 6) is -1.71. The van der Waals surface area contributed by atoms with Crippen molar-refractivity contribution in [2.24, 2.45) is 5.41 Å². The smallest absolute Gasteiger partial charge is 0.248 e. The number of rotatable bonds is 7. The molecule has 0 bridgehead atoms. The number of piperidine rings is 1. The lowest BCUT2D eigenvalue weighted by atomic mass is 9.76. The van der Waals surface area contributed by atoms with Gasteiger partial charge in [0.25, 0.3) is 0 Å². The fraction of sp³-hybridized carbons (Fsp3) is 0.480. The van der Waals surface area contributed by atoms with Gasteiger partial charge in [-0.05, 0) is 55.7 Å². The highest BCUT2D eigenvalue weighted by molar-refractivity contribution is 7.89. The van der Waals surface area contributed by atoms with Gasteiger partial charge in [-0.15, -0.1) is 0 Å². The van der Waals surface area contributed by atoms with Gasteiger partial charge >= 0.3 is 0 Å². The maximum absolute atomic E-state index is 14.3. The Morgan fingerprint density at radius 1 is 1.08 bits per heavy atom. The van der Waals surface area contributed by atoms with Crippen molar-refractivity contribution in [3.8, 4) is 5.75 Å². The molecule has 7 nitrogen and oxygen atoms in total. The molecule has 0 spiro atoms. The van der Waals surface area contributed by atoms with E-state index in [0.29, 0.717) is 49.9 Å². The van der Waals surface area contributed by atoms with Gasteiger partial charge in [0.15, 0.2) is 4.90 Å². The Labute approximate surface area is 215 Å². The van der Waals surface area contributed by atoms with Gasteiger partial charge in [-0.1, -0.05) is 17.7 Å². The third kappa shape index (κ3) is 5.82. The molecule has 0 N–H and O–H groups in total. The Hall–Kier alpha value is -2.27. The van der Waals surface area contributed by atoms with E-state index in [1.807, 2.05) is 6.92 Å². The fourth-order valence-electron chi connectivity index (χ4n) is 4.62. The maximum Gasteiger partial charge on any atom is 0.248 e. The van der Waals surface area contributed by atoms with Crippen LogP contribution in [0.5, 0.6) is 5.75 Å². The number of hydrogen-bond donors (Lipinski definition) is 0.